The lowest BCUT2D eigenvalue weighted by atomic mass is 9.97. The number of para-hydroxylation sites is 1. The molecule has 32 heavy (non-hydrogen) atoms. The van der Waals surface area contributed by atoms with Crippen LogP contribution in [0.1, 0.15) is 101 Å². The van der Waals surface area contributed by atoms with Crippen LogP contribution in [0.25, 0.3) is 22.0 Å². The van der Waals surface area contributed by atoms with Crippen molar-refractivity contribution < 1.29 is 4.79 Å². The molecular formula is C30H41NO. The van der Waals surface area contributed by atoms with Crippen LogP contribution in [0.5, 0.6) is 0 Å². The summed E-state index contributed by atoms with van der Waals surface area (Å²) in [5.41, 5.74) is 6.14. The van der Waals surface area contributed by atoms with E-state index in [9.17, 15) is 4.79 Å². The van der Waals surface area contributed by atoms with Gasteiger partial charge in [-0.15, -0.1) is 0 Å². The molecule has 0 unspecified atom stereocenters. The molecule has 172 valence electrons. The van der Waals surface area contributed by atoms with Crippen LogP contribution in [0.4, 0.5) is 0 Å². The van der Waals surface area contributed by atoms with E-state index in [-0.39, 0.29) is 5.91 Å². The molecule has 1 heterocycles. The molecule has 2 nitrogen and oxygen atoms in total. The van der Waals surface area contributed by atoms with Gasteiger partial charge in [0, 0.05) is 23.6 Å². The van der Waals surface area contributed by atoms with E-state index in [2.05, 4.69) is 66.9 Å². The molecule has 0 N–H and O–H groups in total. The Kier molecular flexibility index (Phi) is 9.59. The first kappa shape index (κ1) is 24.3. The second-order valence-corrected chi connectivity index (χ2v) is 9.18. The van der Waals surface area contributed by atoms with Crippen LogP contribution in [-0.2, 0) is 12.8 Å². The molecule has 0 aliphatic rings. The topological polar surface area (TPSA) is 22.0 Å². The van der Waals surface area contributed by atoms with Gasteiger partial charge in [0.1, 0.15) is 0 Å². The summed E-state index contributed by atoms with van der Waals surface area (Å²) in [5.74, 6) is 0.138. The van der Waals surface area contributed by atoms with Crippen molar-refractivity contribution in [1.82, 2.24) is 4.57 Å². The fraction of sp³-hybridized carbons (Fsp3) is 0.500. The van der Waals surface area contributed by atoms with Crippen molar-refractivity contribution >= 4 is 16.8 Å². The largest absolute Gasteiger partial charge is 0.284 e. The molecule has 0 saturated heterocycles. The molecule has 2 heteroatoms. The number of hydrogen-bond acceptors (Lipinski definition) is 1. The number of carbonyl (C=O) groups excluding carboxylic acids is 1. The van der Waals surface area contributed by atoms with Gasteiger partial charge in [0.25, 0.3) is 0 Å². The number of hydrogen-bond donors (Lipinski definition) is 0. The number of benzene rings is 2. The van der Waals surface area contributed by atoms with E-state index in [1.807, 2.05) is 0 Å². The Bertz CT molecular complexity index is 983. The summed E-state index contributed by atoms with van der Waals surface area (Å²) in [5, 5.41) is 1.28. The third kappa shape index (κ3) is 5.91. The second-order valence-electron chi connectivity index (χ2n) is 9.18. The van der Waals surface area contributed by atoms with Crippen molar-refractivity contribution in [1.29, 1.82) is 0 Å². The van der Waals surface area contributed by atoms with E-state index >= 15 is 0 Å². The maximum Gasteiger partial charge on any atom is 0.228 e. The van der Waals surface area contributed by atoms with Crippen LogP contribution in [0.2, 0.25) is 0 Å². The highest BCUT2D eigenvalue weighted by Crippen LogP contribution is 2.36. The first-order valence-electron chi connectivity index (χ1n) is 12.9. The van der Waals surface area contributed by atoms with Gasteiger partial charge in [0.15, 0.2) is 0 Å². The smallest absolute Gasteiger partial charge is 0.228 e. The molecule has 3 rings (SSSR count). The highest BCUT2D eigenvalue weighted by Gasteiger charge is 2.21. The van der Waals surface area contributed by atoms with Crippen LogP contribution in [0.3, 0.4) is 0 Å². The molecule has 0 fully saturated rings. The Balaban J connectivity index is 2.03. The minimum absolute atomic E-state index is 0.138. The van der Waals surface area contributed by atoms with Gasteiger partial charge < -0.3 is 0 Å². The highest BCUT2D eigenvalue weighted by atomic mass is 16.1. The summed E-state index contributed by atoms with van der Waals surface area (Å²) in [6, 6.07) is 17.1. The van der Waals surface area contributed by atoms with E-state index in [0.29, 0.717) is 0 Å². The van der Waals surface area contributed by atoms with Gasteiger partial charge in [-0.05, 0) is 36.8 Å². The highest BCUT2D eigenvalue weighted by molar-refractivity contribution is 6.03. The second kappa shape index (κ2) is 12.6. The van der Waals surface area contributed by atoms with Gasteiger partial charge in [0.2, 0.25) is 5.91 Å². The lowest BCUT2D eigenvalue weighted by molar-refractivity contribution is 0.0938. The fourth-order valence-corrected chi connectivity index (χ4v) is 4.99. The summed E-state index contributed by atoms with van der Waals surface area (Å²) in [6.45, 7) is 6.25. The Hall–Kier alpha value is -2.35. The normalized spacial score (nSPS) is 11.3. The van der Waals surface area contributed by atoms with Crippen LogP contribution < -0.4 is 0 Å². The average molecular weight is 432 g/mol. The molecule has 1 aromatic heterocycles. The number of aromatic nitrogens is 1. The van der Waals surface area contributed by atoms with Crippen LogP contribution in [-0.4, -0.2) is 10.5 Å². The summed E-state index contributed by atoms with van der Waals surface area (Å²) < 4.78 is 2.05. The van der Waals surface area contributed by atoms with Gasteiger partial charge in [-0.3, -0.25) is 9.36 Å². The van der Waals surface area contributed by atoms with E-state index in [4.69, 9.17) is 0 Å². The van der Waals surface area contributed by atoms with Crippen molar-refractivity contribution in [3.63, 3.8) is 0 Å². The number of aryl methyl sites for hydroxylation is 1. The number of fused-ring (bicyclic) bond motifs is 1. The van der Waals surface area contributed by atoms with Gasteiger partial charge in [-0.1, -0.05) is 114 Å². The van der Waals surface area contributed by atoms with Gasteiger partial charge in [-0.2, -0.15) is 0 Å². The lowest BCUT2D eigenvalue weighted by Gasteiger charge is -2.11. The quantitative estimate of drug-likeness (QED) is 0.247. The molecule has 0 spiro atoms. The summed E-state index contributed by atoms with van der Waals surface area (Å²) in [6.07, 6.45) is 14.7. The minimum Gasteiger partial charge on any atom is -0.284 e. The Labute approximate surface area is 195 Å². The molecule has 0 bridgehead atoms. The monoisotopic (exact) mass is 431 g/mol. The van der Waals surface area contributed by atoms with Gasteiger partial charge >= 0.3 is 0 Å². The SMILES string of the molecule is CCCCCCCc1c(CCCCCCC)n(C(C)=O)c2c(-c3ccccc3)cccc12. The van der Waals surface area contributed by atoms with Gasteiger partial charge in [-0.25, -0.2) is 0 Å². The first-order chi connectivity index (χ1) is 15.7. The van der Waals surface area contributed by atoms with E-state index < -0.39 is 0 Å². The van der Waals surface area contributed by atoms with E-state index in [0.717, 1.165) is 24.8 Å². The summed E-state index contributed by atoms with van der Waals surface area (Å²) in [7, 11) is 0. The third-order valence-electron chi connectivity index (χ3n) is 6.65. The maximum atomic E-state index is 13.0. The number of unbranched alkanes of at least 4 members (excludes halogenated alkanes) is 8. The van der Waals surface area contributed by atoms with E-state index in [1.54, 1.807) is 6.92 Å². The molecule has 0 aliphatic carbocycles. The fourth-order valence-electron chi connectivity index (χ4n) is 4.99. The van der Waals surface area contributed by atoms with Crippen molar-refractivity contribution in [2.24, 2.45) is 0 Å². The summed E-state index contributed by atoms with van der Waals surface area (Å²) in [4.78, 5) is 13.0. The predicted molar refractivity (Wildman–Crippen MR) is 139 cm³/mol. The van der Waals surface area contributed by atoms with Crippen molar-refractivity contribution in [2.45, 2.75) is 97.8 Å². The standard InChI is InChI=1S/C30H41NO/c1-4-6-8-10-15-20-27-28-22-17-21-26(25-18-13-12-14-19-25)30(28)31(24(3)32)29(27)23-16-11-9-7-5-2/h12-14,17-19,21-22H,4-11,15-16,20,23H2,1-3H3. The Morgan fingerprint density at radius 3 is 1.97 bits per heavy atom. The third-order valence-corrected chi connectivity index (χ3v) is 6.65. The van der Waals surface area contributed by atoms with Crippen LogP contribution in [0.15, 0.2) is 48.5 Å². The van der Waals surface area contributed by atoms with Crippen LogP contribution in [0, 0.1) is 0 Å². The maximum absolute atomic E-state index is 13.0. The molecule has 3 aromatic rings. The minimum atomic E-state index is 0.138. The van der Waals surface area contributed by atoms with Crippen molar-refractivity contribution in [3.05, 3.63) is 59.8 Å². The van der Waals surface area contributed by atoms with E-state index in [1.165, 1.54) is 85.6 Å². The predicted octanol–water partition coefficient (Wildman–Crippen LogP) is 8.99. The molecule has 0 amide bonds. The lowest BCUT2D eigenvalue weighted by Crippen LogP contribution is -2.11. The molecule has 0 atom stereocenters. The molecule has 0 radical (unpaired) electrons. The zero-order valence-corrected chi connectivity index (χ0v) is 20.5. The molecule has 0 aliphatic heterocycles. The number of rotatable bonds is 13. The molecule has 0 saturated carbocycles. The first-order valence-corrected chi connectivity index (χ1v) is 12.9. The zero-order chi connectivity index (χ0) is 22.8. The Morgan fingerprint density at radius 1 is 0.719 bits per heavy atom. The Morgan fingerprint density at radius 2 is 1.34 bits per heavy atom. The number of nitrogens with zero attached hydrogens (tertiary/aromatic N) is 1. The van der Waals surface area contributed by atoms with Crippen molar-refractivity contribution in [2.75, 3.05) is 0 Å². The zero-order valence-electron chi connectivity index (χ0n) is 20.5. The summed E-state index contributed by atoms with van der Waals surface area (Å²) >= 11 is 0. The van der Waals surface area contributed by atoms with Crippen molar-refractivity contribution in [3.8, 4) is 11.1 Å². The number of carbonyl (C=O) groups is 1. The molecular weight excluding hydrogens is 390 g/mol. The molecule has 2 aromatic carbocycles. The van der Waals surface area contributed by atoms with Gasteiger partial charge in [0.05, 0.1) is 5.52 Å². The van der Waals surface area contributed by atoms with Crippen LogP contribution >= 0.6 is 0 Å². The average Bonchev–Trinajstić information content (AvgIpc) is 3.13.